The molecule has 8 heteroatoms. The average Bonchev–Trinajstić information content (AvgIpc) is 3.22. The van der Waals surface area contributed by atoms with Crippen LogP contribution in [-0.4, -0.2) is 61.8 Å². The lowest BCUT2D eigenvalue weighted by Crippen LogP contribution is -2.38. The van der Waals surface area contributed by atoms with Crippen molar-refractivity contribution >= 4 is 21.9 Å². The Labute approximate surface area is 166 Å². The Morgan fingerprint density at radius 1 is 1.00 bits per heavy atom. The standard InChI is InChI=1S/C20H28N2O5S/c1-15-8-9-17(28(25,26)22-12-4-3-5-13-22)14-18(15)20(24)27-16(2)19(23)21-10-6-7-11-21/h8-9,14,16H,3-7,10-13H2,1-2H3/t16-/m1/s1. The number of carbonyl (C=O) groups excluding carboxylic acids is 2. The molecule has 2 saturated heterocycles. The maximum Gasteiger partial charge on any atom is 0.339 e. The molecule has 154 valence electrons. The first-order valence-electron chi connectivity index (χ1n) is 9.91. The van der Waals surface area contributed by atoms with E-state index in [9.17, 15) is 18.0 Å². The summed E-state index contributed by atoms with van der Waals surface area (Å²) in [6, 6.07) is 4.50. The fourth-order valence-corrected chi connectivity index (χ4v) is 5.25. The van der Waals surface area contributed by atoms with Crippen molar-refractivity contribution < 1.29 is 22.7 Å². The molecule has 0 N–H and O–H groups in total. The van der Waals surface area contributed by atoms with E-state index < -0.39 is 22.1 Å². The van der Waals surface area contributed by atoms with Gasteiger partial charge in [-0.15, -0.1) is 0 Å². The molecule has 28 heavy (non-hydrogen) atoms. The van der Waals surface area contributed by atoms with E-state index in [2.05, 4.69) is 0 Å². The molecule has 2 aliphatic rings. The fraction of sp³-hybridized carbons (Fsp3) is 0.600. The third kappa shape index (κ3) is 4.38. The smallest absolute Gasteiger partial charge is 0.339 e. The Hall–Kier alpha value is -1.93. The van der Waals surface area contributed by atoms with Gasteiger partial charge < -0.3 is 9.64 Å². The molecule has 1 amide bonds. The molecule has 0 radical (unpaired) electrons. The van der Waals surface area contributed by atoms with Gasteiger partial charge in [0.25, 0.3) is 5.91 Å². The van der Waals surface area contributed by atoms with Gasteiger partial charge in [0.05, 0.1) is 10.5 Å². The molecule has 0 spiro atoms. The summed E-state index contributed by atoms with van der Waals surface area (Å²) in [5.74, 6) is -0.881. The number of sulfonamides is 1. The molecule has 3 rings (SSSR count). The van der Waals surface area contributed by atoms with E-state index in [0.717, 1.165) is 32.1 Å². The molecule has 0 aliphatic carbocycles. The van der Waals surface area contributed by atoms with Crippen molar-refractivity contribution in [2.75, 3.05) is 26.2 Å². The summed E-state index contributed by atoms with van der Waals surface area (Å²) >= 11 is 0. The Morgan fingerprint density at radius 2 is 1.61 bits per heavy atom. The van der Waals surface area contributed by atoms with E-state index in [1.165, 1.54) is 16.4 Å². The number of hydrogen-bond donors (Lipinski definition) is 0. The molecule has 2 aliphatic heterocycles. The monoisotopic (exact) mass is 408 g/mol. The lowest BCUT2D eigenvalue weighted by molar-refractivity contribution is -0.138. The van der Waals surface area contributed by atoms with E-state index in [1.807, 2.05) is 0 Å². The predicted octanol–water partition coefficient (Wildman–Crippen LogP) is 2.34. The largest absolute Gasteiger partial charge is 0.449 e. The first-order valence-corrected chi connectivity index (χ1v) is 11.4. The molecule has 1 atom stereocenters. The topological polar surface area (TPSA) is 84.0 Å². The van der Waals surface area contributed by atoms with Gasteiger partial charge in [-0.2, -0.15) is 4.31 Å². The van der Waals surface area contributed by atoms with Crippen LogP contribution in [0.1, 0.15) is 54.9 Å². The number of likely N-dealkylation sites (tertiary alicyclic amines) is 1. The first kappa shape index (κ1) is 20.8. The quantitative estimate of drug-likeness (QED) is 0.698. The van der Waals surface area contributed by atoms with E-state index in [0.29, 0.717) is 31.7 Å². The van der Waals surface area contributed by atoms with Gasteiger partial charge in [-0.05, 0) is 57.2 Å². The van der Waals surface area contributed by atoms with Crippen LogP contribution in [0.5, 0.6) is 0 Å². The number of carbonyl (C=O) groups is 2. The highest BCUT2D eigenvalue weighted by atomic mass is 32.2. The van der Waals surface area contributed by atoms with Crippen LogP contribution in [0.4, 0.5) is 0 Å². The van der Waals surface area contributed by atoms with Crippen LogP contribution in [-0.2, 0) is 19.6 Å². The van der Waals surface area contributed by atoms with Gasteiger partial charge in [0.2, 0.25) is 10.0 Å². The molecule has 1 aromatic carbocycles. The normalized spacial score (nSPS) is 19.4. The number of benzene rings is 1. The second-order valence-corrected chi connectivity index (χ2v) is 9.46. The molecular weight excluding hydrogens is 380 g/mol. The summed E-state index contributed by atoms with van der Waals surface area (Å²) in [6.45, 7) is 5.64. The zero-order valence-corrected chi connectivity index (χ0v) is 17.3. The minimum absolute atomic E-state index is 0.0884. The number of amides is 1. The van der Waals surface area contributed by atoms with Crippen molar-refractivity contribution in [3.63, 3.8) is 0 Å². The van der Waals surface area contributed by atoms with Gasteiger partial charge in [-0.3, -0.25) is 4.79 Å². The van der Waals surface area contributed by atoms with E-state index >= 15 is 0 Å². The second-order valence-electron chi connectivity index (χ2n) is 7.52. The maximum atomic E-state index is 12.9. The number of rotatable bonds is 5. The third-order valence-electron chi connectivity index (χ3n) is 5.43. The summed E-state index contributed by atoms with van der Waals surface area (Å²) in [6.07, 6.45) is 3.74. The second kappa shape index (κ2) is 8.61. The highest BCUT2D eigenvalue weighted by Gasteiger charge is 2.29. The van der Waals surface area contributed by atoms with Gasteiger partial charge in [-0.1, -0.05) is 12.5 Å². The van der Waals surface area contributed by atoms with Crippen molar-refractivity contribution in [1.82, 2.24) is 9.21 Å². The van der Waals surface area contributed by atoms with Gasteiger partial charge in [-0.25, -0.2) is 13.2 Å². The highest BCUT2D eigenvalue weighted by Crippen LogP contribution is 2.23. The van der Waals surface area contributed by atoms with E-state index in [-0.39, 0.29) is 16.4 Å². The summed E-state index contributed by atoms with van der Waals surface area (Å²) < 4.78 is 32.6. The van der Waals surface area contributed by atoms with Crippen LogP contribution in [0.3, 0.4) is 0 Å². The molecule has 0 aromatic heterocycles. The minimum atomic E-state index is -3.64. The summed E-state index contributed by atoms with van der Waals surface area (Å²) in [4.78, 5) is 26.8. The lowest BCUT2D eigenvalue weighted by atomic mass is 10.1. The van der Waals surface area contributed by atoms with Gasteiger partial charge in [0, 0.05) is 26.2 Å². The number of piperidine rings is 1. The van der Waals surface area contributed by atoms with Crippen molar-refractivity contribution in [3.8, 4) is 0 Å². The Balaban J connectivity index is 1.77. The van der Waals surface area contributed by atoms with Crippen LogP contribution < -0.4 is 0 Å². The van der Waals surface area contributed by atoms with Crippen LogP contribution >= 0.6 is 0 Å². The number of aryl methyl sites for hydroxylation is 1. The van der Waals surface area contributed by atoms with Gasteiger partial charge >= 0.3 is 5.97 Å². The van der Waals surface area contributed by atoms with Crippen molar-refractivity contribution in [3.05, 3.63) is 29.3 Å². The molecule has 0 saturated carbocycles. The zero-order chi connectivity index (χ0) is 20.3. The highest BCUT2D eigenvalue weighted by molar-refractivity contribution is 7.89. The molecule has 0 bridgehead atoms. The Bertz CT molecular complexity index is 840. The number of hydrogen-bond acceptors (Lipinski definition) is 5. The number of ether oxygens (including phenoxy) is 1. The fourth-order valence-electron chi connectivity index (χ4n) is 3.70. The number of esters is 1. The third-order valence-corrected chi connectivity index (χ3v) is 7.33. The number of nitrogens with zero attached hydrogens (tertiary/aromatic N) is 2. The Morgan fingerprint density at radius 3 is 2.25 bits per heavy atom. The predicted molar refractivity (Wildman–Crippen MR) is 104 cm³/mol. The molecule has 1 aromatic rings. The summed E-state index contributed by atoms with van der Waals surface area (Å²) in [7, 11) is -3.64. The minimum Gasteiger partial charge on any atom is -0.449 e. The van der Waals surface area contributed by atoms with E-state index in [1.54, 1.807) is 24.8 Å². The van der Waals surface area contributed by atoms with Crippen LogP contribution in [0.15, 0.2) is 23.1 Å². The van der Waals surface area contributed by atoms with Gasteiger partial charge in [0.1, 0.15) is 0 Å². The van der Waals surface area contributed by atoms with Crippen LogP contribution in [0.2, 0.25) is 0 Å². The van der Waals surface area contributed by atoms with Crippen molar-refractivity contribution in [1.29, 1.82) is 0 Å². The van der Waals surface area contributed by atoms with Crippen LogP contribution in [0, 0.1) is 6.92 Å². The maximum absolute atomic E-state index is 12.9. The van der Waals surface area contributed by atoms with E-state index in [4.69, 9.17) is 4.74 Å². The molecule has 2 fully saturated rings. The van der Waals surface area contributed by atoms with Gasteiger partial charge in [0.15, 0.2) is 6.10 Å². The zero-order valence-electron chi connectivity index (χ0n) is 16.5. The van der Waals surface area contributed by atoms with Crippen molar-refractivity contribution in [2.45, 2.75) is 57.0 Å². The summed E-state index contributed by atoms with van der Waals surface area (Å²) in [5, 5.41) is 0. The van der Waals surface area contributed by atoms with Crippen LogP contribution in [0.25, 0.3) is 0 Å². The SMILES string of the molecule is Cc1ccc(S(=O)(=O)N2CCCCC2)cc1C(=O)O[C@H](C)C(=O)N1CCCC1. The average molecular weight is 409 g/mol. The van der Waals surface area contributed by atoms with Crippen molar-refractivity contribution in [2.24, 2.45) is 0 Å². The molecule has 7 nitrogen and oxygen atoms in total. The first-order chi connectivity index (χ1) is 13.3. The summed E-state index contributed by atoms with van der Waals surface area (Å²) in [5.41, 5.74) is 0.794. The molecular formula is C20H28N2O5S. The lowest BCUT2D eigenvalue weighted by Gasteiger charge is -2.26. The molecule has 0 unspecified atom stereocenters. The molecule has 2 heterocycles. The Kier molecular flexibility index (Phi) is 6.40.